The minimum atomic E-state index is 0.714. The van der Waals surface area contributed by atoms with Crippen molar-refractivity contribution in [2.45, 2.75) is 6.92 Å². The van der Waals surface area contributed by atoms with Gasteiger partial charge in [0.15, 0.2) is 5.82 Å². The quantitative estimate of drug-likeness (QED) is 0.176. The first-order valence-electron chi connectivity index (χ1n) is 16.4. The Morgan fingerprint density at radius 2 is 0.755 bits per heavy atom. The molecule has 0 N–H and O–H groups in total. The van der Waals surface area contributed by atoms with Gasteiger partial charge < -0.3 is 0 Å². The summed E-state index contributed by atoms with van der Waals surface area (Å²) in [6.07, 6.45) is 5.41. The van der Waals surface area contributed by atoms with Gasteiger partial charge in [-0.1, -0.05) is 109 Å². The maximum atomic E-state index is 5.13. The highest BCUT2D eigenvalue weighted by Gasteiger charge is 2.13. The minimum Gasteiger partial charge on any atom is -0.262 e. The SMILES string of the molecule is Cc1cc(-c2ccc(-c3cc(-c4ccc(-c5ncccn5)cc4)cc(-c4cc(-c5ccccc5)nc(-c5ccccc5)c4)c3)cc2)ccn1. The largest absolute Gasteiger partial charge is 0.262 e. The van der Waals surface area contributed by atoms with Crippen LogP contribution in [0.4, 0.5) is 0 Å². The van der Waals surface area contributed by atoms with Crippen molar-refractivity contribution in [1.29, 1.82) is 0 Å². The fraction of sp³-hybridized carbons (Fsp3) is 0.0222. The normalized spacial score (nSPS) is 11.0. The second-order valence-electron chi connectivity index (χ2n) is 12.1. The van der Waals surface area contributed by atoms with Crippen LogP contribution in [0.25, 0.3) is 78.4 Å². The van der Waals surface area contributed by atoms with Crippen molar-refractivity contribution in [2.24, 2.45) is 0 Å². The molecule has 0 aliphatic heterocycles. The van der Waals surface area contributed by atoms with Crippen molar-refractivity contribution < 1.29 is 0 Å². The van der Waals surface area contributed by atoms with Gasteiger partial charge in [0.05, 0.1) is 11.4 Å². The molecule has 4 heteroatoms. The molecule has 0 amide bonds. The molecule has 8 rings (SSSR count). The standard InChI is InChI=1S/C45H32N4/c1-31-25-38(21-24-46-31)32-13-15-33(16-14-32)39-26-40(34-17-19-37(20-18-34)45-47-22-8-23-48-45)28-41(27-39)42-29-43(35-9-4-2-5-10-35)49-44(30-42)36-11-6-3-7-12-36/h2-30H,1H3. The molecule has 0 bridgehead atoms. The first-order valence-corrected chi connectivity index (χ1v) is 16.4. The summed E-state index contributed by atoms with van der Waals surface area (Å²) >= 11 is 0. The van der Waals surface area contributed by atoms with Crippen molar-refractivity contribution in [3.63, 3.8) is 0 Å². The van der Waals surface area contributed by atoms with Crippen LogP contribution < -0.4 is 0 Å². The van der Waals surface area contributed by atoms with E-state index in [2.05, 4.69) is 154 Å². The smallest absolute Gasteiger partial charge is 0.159 e. The van der Waals surface area contributed by atoms with Crippen LogP contribution in [-0.2, 0) is 0 Å². The number of aromatic nitrogens is 4. The molecule has 0 aliphatic carbocycles. The van der Waals surface area contributed by atoms with Crippen molar-refractivity contribution in [1.82, 2.24) is 19.9 Å². The lowest BCUT2D eigenvalue weighted by molar-refractivity contribution is 1.18. The Hall–Kier alpha value is -6.52. The summed E-state index contributed by atoms with van der Waals surface area (Å²) in [5.74, 6) is 0.714. The average Bonchev–Trinajstić information content (AvgIpc) is 3.19. The van der Waals surface area contributed by atoms with Crippen LogP contribution in [0.1, 0.15) is 5.69 Å². The topological polar surface area (TPSA) is 51.6 Å². The molecule has 5 aromatic carbocycles. The van der Waals surface area contributed by atoms with Crippen LogP contribution in [0, 0.1) is 6.92 Å². The highest BCUT2D eigenvalue weighted by atomic mass is 14.8. The summed E-state index contributed by atoms with van der Waals surface area (Å²) in [4.78, 5) is 18.4. The molecule has 0 saturated heterocycles. The van der Waals surface area contributed by atoms with Gasteiger partial charge in [-0.3, -0.25) is 4.98 Å². The summed E-state index contributed by atoms with van der Waals surface area (Å²) in [7, 11) is 0. The molecule has 0 radical (unpaired) electrons. The van der Waals surface area contributed by atoms with Gasteiger partial charge in [0, 0.05) is 41.0 Å². The van der Waals surface area contributed by atoms with Gasteiger partial charge in [-0.05, 0) is 100.0 Å². The van der Waals surface area contributed by atoms with Crippen molar-refractivity contribution in [2.75, 3.05) is 0 Å². The summed E-state index contributed by atoms with van der Waals surface area (Å²) in [5.41, 5.74) is 15.1. The maximum Gasteiger partial charge on any atom is 0.159 e. The van der Waals surface area contributed by atoms with Crippen molar-refractivity contribution in [3.8, 4) is 78.4 Å². The summed E-state index contributed by atoms with van der Waals surface area (Å²) < 4.78 is 0. The number of hydrogen-bond donors (Lipinski definition) is 0. The fourth-order valence-corrected chi connectivity index (χ4v) is 6.18. The van der Waals surface area contributed by atoms with Gasteiger partial charge in [0.1, 0.15) is 0 Å². The summed E-state index contributed by atoms with van der Waals surface area (Å²) in [6.45, 7) is 2.02. The minimum absolute atomic E-state index is 0.714. The van der Waals surface area contributed by atoms with Crippen molar-refractivity contribution in [3.05, 3.63) is 182 Å². The van der Waals surface area contributed by atoms with E-state index in [0.717, 1.165) is 72.7 Å². The van der Waals surface area contributed by atoms with Gasteiger partial charge in [0.25, 0.3) is 0 Å². The molecule has 49 heavy (non-hydrogen) atoms. The van der Waals surface area contributed by atoms with Crippen LogP contribution in [0.3, 0.4) is 0 Å². The first kappa shape index (κ1) is 29.9. The third-order valence-corrected chi connectivity index (χ3v) is 8.72. The molecule has 0 spiro atoms. The molecule has 232 valence electrons. The molecule has 0 atom stereocenters. The monoisotopic (exact) mass is 628 g/mol. The van der Waals surface area contributed by atoms with Gasteiger partial charge in [-0.2, -0.15) is 0 Å². The van der Waals surface area contributed by atoms with E-state index in [1.807, 2.05) is 31.3 Å². The second-order valence-corrected chi connectivity index (χ2v) is 12.1. The zero-order valence-electron chi connectivity index (χ0n) is 27.0. The number of aryl methyl sites for hydroxylation is 1. The third kappa shape index (κ3) is 6.53. The lowest BCUT2D eigenvalue weighted by Crippen LogP contribution is -1.92. The first-order chi connectivity index (χ1) is 24.2. The van der Waals surface area contributed by atoms with E-state index < -0.39 is 0 Å². The highest BCUT2D eigenvalue weighted by molar-refractivity contribution is 5.85. The molecule has 0 aliphatic rings. The van der Waals surface area contributed by atoms with Gasteiger partial charge >= 0.3 is 0 Å². The number of hydrogen-bond acceptors (Lipinski definition) is 4. The predicted molar refractivity (Wildman–Crippen MR) is 200 cm³/mol. The Morgan fingerprint density at radius 3 is 1.27 bits per heavy atom. The molecule has 3 heterocycles. The van der Waals surface area contributed by atoms with E-state index in [4.69, 9.17) is 4.98 Å². The second kappa shape index (κ2) is 13.3. The molecular formula is C45H32N4. The zero-order chi connectivity index (χ0) is 33.0. The van der Waals surface area contributed by atoms with E-state index in [9.17, 15) is 0 Å². The van der Waals surface area contributed by atoms with Crippen LogP contribution in [0.2, 0.25) is 0 Å². The number of benzene rings is 5. The molecule has 3 aromatic heterocycles. The molecule has 4 nitrogen and oxygen atoms in total. The summed E-state index contributed by atoms with van der Waals surface area (Å²) in [5, 5.41) is 0. The van der Waals surface area contributed by atoms with Crippen LogP contribution in [-0.4, -0.2) is 19.9 Å². The Labute approximate surface area is 286 Å². The fourth-order valence-electron chi connectivity index (χ4n) is 6.18. The maximum absolute atomic E-state index is 5.13. The Kier molecular flexibility index (Phi) is 8.11. The van der Waals surface area contributed by atoms with Crippen LogP contribution >= 0.6 is 0 Å². The number of nitrogens with zero attached hydrogens (tertiary/aromatic N) is 4. The Morgan fingerprint density at radius 1 is 0.306 bits per heavy atom. The van der Waals surface area contributed by atoms with E-state index in [0.29, 0.717) is 5.82 Å². The average molecular weight is 629 g/mol. The van der Waals surface area contributed by atoms with Crippen molar-refractivity contribution >= 4 is 0 Å². The Balaban J connectivity index is 1.27. The van der Waals surface area contributed by atoms with Gasteiger partial charge in [0.2, 0.25) is 0 Å². The molecule has 0 saturated carbocycles. The Bertz CT molecular complexity index is 2290. The number of pyridine rings is 2. The van der Waals surface area contributed by atoms with E-state index in [1.165, 1.54) is 5.56 Å². The van der Waals surface area contributed by atoms with Gasteiger partial charge in [-0.15, -0.1) is 0 Å². The summed E-state index contributed by atoms with van der Waals surface area (Å²) in [6, 6.07) is 55.4. The molecular weight excluding hydrogens is 597 g/mol. The molecule has 8 aromatic rings. The van der Waals surface area contributed by atoms with E-state index in [-0.39, 0.29) is 0 Å². The zero-order valence-corrected chi connectivity index (χ0v) is 27.0. The van der Waals surface area contributed by atoms with Gasteiger partial charge in [-0.25, -0.2) is 15.0 Å². The predicted octanol–water partition coefficient (Wildman–Crippen LogP) is 11.2. The van der Waals surface area contributed by atoms with Crippen LogP contribution in [0.15, 0.2) is 176 Å². The third-order valence-electron chi connectivity index (χ3n) is 8.72. The molecule has 0 fully saturated rings. The highest BCUT2D eigenvalue weighted by Crippen LogP contribution is 2.37. The lowest BCUT2D eigenvalue weighted by atomic mass is 9.91. The van der Waals surface area contributed by atoms with E-state index >= 15 is 0 Å². The van der Waals surface area contributed by atoms with Crippen LogP contribution in [0.5, 0.6) is 0 Å². The number of rotatable bonds is 7. The lowest BCUT2D eigenvalue weighted by Gasteiger charge is -2.14. The molecule has 0 unspecified atom stereocenters. The van der Waals surface area contributed by atoms with E-state index in [1.54, 1.807) is 12.4 Å².